The molecular weight excluding hydrogens is 252 g/mol. The Morgan fingerprint density at radius 1 is 1.39 bits per heavy atom. The fourth-order valence-electron chi connectivity index (χ4n) is 1.64. The van der Waals surface area contributed by atoms with Gasteiger partial charge in [-0.1, -0.05) is 24.9 Å². The van der Waals surface area contributed by atoms with Gasteiger partial charge in [-0.05, 0) is 30.7 Å². The number of ether oxygens (including phenoxy) is 1. The van der Waals surface area contributed by atoms with Crippen molar-refractivity contribution in [3.05, 3.63) is 34.9 Å². The van der Waals surface area contributed by atoms with Gasteiger partial charge in [0.25, 0.3) is 0 Å². The molecule has 0 N–H and O–H groups in total. The van der Waals surface area contributed by atoms with Crippen molar-refractivity contribution in [2.75, 3.05) is 13.2 Å². The number of hydrogen-bond donors (Lipinski definition) is 0. The number of nitrogens with zero attached hydrogens (tertiary/aromatic N) is 2. The Morgan fingerprint density at radius 2 is 2.11 bits per heavy atom. The summed E-state index contributed by atoms with van der Waals surface area (Å²) in [5.41, 5.74) is 0.767. The van der Waals surface area contributed by atoms with E-state index in [1.165, 1.54) is 0 Å². The lowest BCUT2D eigenvalue weighted by molar-refractivity contribution is 0.141. The van der Waals surface area contributed by atoms with Crippen LogP contribution >= 0.6 is 11.6 Å². The second kappa shape index (κ2) is 5.87. The van der Waals surface area contributed by atoms with Gasteiger partial charge in [-0.3, -0.25) is 4.90 Å². The normalized spacial score (nSPS) is 15.3. The van der Waals surface area contributed by atoms with E-state index in [0.29, 0.717) is 24.1 Å². The standard InChI is InChI=1S/C13H15ClN2O2/c1-2-3-8-16-9-15-12(18-13(16)17)10-4-6-11(14)7-5-10/h4-7H,2-3,8-9H2,1H3. The zero-order chi connectivity index (χ0) is 13.0. The molecule has 0 unspecified atom stereocenters. The van der Waals surface area contributed by atoms with Gasteiger partial charge in [0.1, 0.15) is 6.67 Å². The van der Waals surface area contributed by atoms with E-state index < -0.39 is 0 Å². The minimum atomic E-state index is -0.330. The molecule has 1 aliphatic rings. The number of rotatable bonds is 4. The summed E-state index contributed by atoms with van der Waals surface area (Å²) in [7, 11) is 0. The predicted molar refractivity (Wildman–Crippen MR) is 71.0 cm³/mol. The molecule has 1 heterocycles. The number of cyclic esters (lactones) is 1. The second-order valence-electron chi connectivity index (χ2n) is 4.10. The molecule has 1 aromatic carbocycles. The maximum atomic E-state index is 11.7. The summed E-state index contributed by atoms with van der Waals surface area (Å²) < 4.78 is 5.22. The van der Waals surface area contributed by atoms with Crippen LogP contribution in [0.5, 0.6) is 0 Å². The zero-order valence-electron chi connectivity index (χ0n) is 10.2. The summed E-state index contributed by atoms with van der Waals surface area (Å²) in [6.07, 6.45) is 1.67. The van der Waals surface area contributed by atoms with Crippen molar-refractivity contribution in [1.29, 1.82) is 0 Å². The smallest absolute Gasteiger partial charge is 0.391 e. The zero-order valence-corrected chi connectivity index (χ0v) is 11.0. The summed E-state index contributed by atoms with van der Waals surface area (Å²) in [6.45, 7) is 3.13. The monoisotopic (exact) mass is 266 g/mol. The average Bonchev–Trinajstić information content (AvgIpc) is 2.38. The Kier molecular flexibility index (Phi) is 4.20. The van der Waals surface area contributed by atoms with Crippen molar-refractivity contribution in [2.24, 2.45) is 4.99 Å². The Labute approximate surface area is 111 Å². The number of hydrogen-bond acceptors (Lipinski definition) is 3. The van der Waals surface area contributed by atoms with Crippen LogP contribution in [0, 0.1) is 0 Å². The topological polar surface area (TPSA) is 41.9 Å². The maximum absolute atomic E-state index is 11.7. The van der Waals surface area contributed by atoms with Crippen LogP contribution in [0.3, 0.4) is 0 Å². The van der Waals surface area contributed by atoms with Crippen LogP contribution in [0.2, 0.25) is 5.02 Å². The molecule has 4 nitrogen and oxygen atoms in total. The van der Waals surface area contributed by atoms with E-state index in [4.69, 9.17) is 16.3 Å². The summed E-state index contributed by atoms with van der Waals surface area (Å²) in [5, 5.41) is 0.644. The van der Waals surface area contributed by atoms with Gasteiger partial charge >= 0.3 is 6.09 Å². The summed E-state index contributed by atoms with van der Waals surface area (Å²) in [5.74, 6) is 0.365. The minimum Gasteiger partial charge on any atom is -0.391 e. The lowest BCUT2D eigenvalue weighted by Crippen LogP contribution is -2.38. The number of carbonyl (C=O) groups is 1. The Morgan fingerprint density at radius 3 is 2.72 bits per heavy atom. The summed E-state index contributed by atoms with van der Waals surface area (Å²) >= 11 is 5.80. The van der Waals surface area contributed by atoms with Crippen molar-refractivity contribution in [3.8, 4) is 0 Å². The van der Waals surface area contributed by atoms with Gasteiger partial charge in [-0.15, -0.1) is 0 Å². The quantitative estimate of drug-likeness (QED) is 0.839. The van der Waals surface area contributed by atoms with E-state index in [9.17, 15) is 4.79 Å². The van der Waals surface area contributed by atoms with Gasteiger partial charge in [0.2, 0.25) is 5.90 Å². The molecule has 18 heavy (non-hydrogen) atoms. The van der Waals surface area contributed by atoms with Crippen LogP contribution < -0.4 is 0 Å². The highest BCUT2D eigenvalue weighted by molar-refractivity contribution is 6.30. The highest BCUT2D eigenvalue weighted by Gasteiger charge is 2.22. The van der Waals surface area contributed by atoms with Gasteiger partial charge in [-0.25, -0.2) is 9.79 Å². The lowest BCUT2D eigenvalue weighted by atomic mass is 10.2. The first kappa shape index (κ1) is 12.9. The number of benzene rings is 1. The fraction of sp³-hybridized carbons (Fsp3) is 0.385. The molecule has 0 saturated heterocycles. The number of unbranched alkanes of at least 4 members (excludes halogenated alkanes) is 1. The summed E-state index contributed by atoms with van der Waals surface area (Å²) in [6, 6.07) is 7.07. The van der Waals surface area contributed by atoms with Crippen molar-refractivity contribution in [2.45, 2.75) is 19.8 Å². The first-order chi connectivity index (χ1) is 8.70. The molecule has 1 aliphatic heterocycles. The van der Waals surface area contributed by atoms with Crippen LogP contribution in [0.4, 0.5) is 4.79 Å². The molecule has 0 saturated carbocycles. The Hall–Kier alpha value is -1.55. The molecule has 0 spiro atoms. The molecule has 0 aromatic heterocycles. The molecule has 2 rings (SSSR count). The Balaban J connectivity index is 2.06. The third kappa shape index (κ3) is 3.01. The Bertz CT molecular complexity index is 457. The third-order valence-corrected chi connectivity index (χ3v) is 2.95. The second-order valence-corrected chi connectivity index (χ2v) is 4.53. The van der Waals surface area contributed by atoms with Gasteiger partial charge < -0.3 is 4.74 Å². The highest BCUT2D eigenvalue weighted by atomic mass is 35.5. The fourth-order valence-corrected chi connectivity index (χ4v) is 1.77. The molecule has 0 atom stereocenters. The third-order valence-electron chi connectivity index (χ3n) is 2.70. The van der Waals surface area contributed by atoms with Gasteiger partial charge in [0.05, 0.1) is 0 Å². The minimum absolute atomic E-state index is 0.330. The van der Waals surface area contributed by atoms with E-state index in [0.717, 1.165) is 18.4 Å². The van der Waals surface area contributed by atoms with E-state index >= 15 is 0 Å². The van der Waals surface area contributed by atoms with Crippen LogP contribution in [0.15, 0.2) is 29.3 Å². The lowest BCUT2D eigenvalue weighted by Gasteiger charge is -2.24. The number of carbonyl (C=O) groups excluding carboxylic acids is 1. The predicted octanol–water partition coefficient (Wildman–Crippen LogP) is 3.30. The average molecular weight is 267 g/mol. The van der Waals surface area contributed by atoms with Crippen LogP contribution in [-0.2, 0) is 4.74 Å². The van der Waals surface area contributed by atoms with Crippen LogP contribution in [-0.4, -0.2) is 30.1 Å². The maximum Gasteiger partial charge on any atom is 0.418 e. The first-order valence-corrected chi connectivity index (χ1v) is 6.35. The largest absolute Gasteiger partial charge is 0.418 e. The van der Waals surface area contributed by atoms with E-state index in [1.54, 1.807) is 29.2 Å². The molecule has 96 valence electrons. The number of amides is 1. The first-order valence-electron chi connectivity index (χ1n) is 5.98. The van der Waals surface area contributed by atoms with Crippen LogP contribution in [0.1, 0.15) is 25.3 Å². The molecule has 0 bridgehead atoms. The molecule has 1 aromatic rings. The summed E-state index contributed by atoms with van der Waals surface area (Å²) in [4.78, 5) is 17.6. The van der Waals surface area contributed by atoms with Gasteiger partial charge in [-0.2, -0.15) is 0 Å². The highest BCUT2D eigenvalue weighted by Crippen LogP contribution is 2.14. The molecule has 5 heteroatoms. The number of halogens is 1. The number of aliphatic imine (C=N–C) groups is 1. The van der Waals surface area contributed by atoms with E-state index in [1.807, 2.05) is 0 Å². The van der Waals surface area contributed by atoms with Crippen molar-refractivity contribution < 1.29 is 9.53 Å². The SMILES string of the molecule is CCCCN1CN=C(c2ccc(Cl)cc2)OC1=O. The molecule has 0 fully saturated rings. The van der Waals surface area contributed by atoms with E-state index in [-0.39, 0.29) is 6.09 Å². The van der Waals surface area contributed by atoms with Crippen molar-refractivity contribution in [3.63, 3.8) is 0 Å². The van der Waals surface area contributed by atoms with Gasteiger partial charge in [0.15, 0.2) is 0 Å². The van der Waals surface area contributed by atoms with Crippen molar-refractivity contribution in [1.82, 2.24) is 4.90 Å². The van der Waals surface area contributed by atoms with Crippen LogP contribution in [0.25, 0.3) is 0 Å². The molecule has 1 amide bonds. The molecule has 0 aliphatic carbocycles. The molecule has 0 radical (unpaired) electrons. The van der Waals surface area contributed by atoms with E-state index in [2.05, 4.69) is 11.9 Å². The van der Waals surface area contributed by atoms with Gasteiger partial charge in [0, 0.05) is 17.1 Å². The van der Waals surface area contributed by atoms with Crippen molar-refractivity contribution >= 4 is 23.6 Å². The molecular formula is C13H15ClN2O2.